The van der Waals surface area contributed by atoms with Gasteiger partial charge < -0.3 is 24.9 Å². The maximum atomic E-state index is 12.8. The highest BCUT2D eigenvalue weighted by molar-refractivity contribution is 5.97. The molecule has 30 heavy (non-hydrogen) atoms. The fourth-order valence-electron chi connectivity index (χ4n) is 5.39. The molecule has 8 heteroatoms. The van der Waals surface area contributed by atoms with Gasteiger partial charge in [0.15, 0.2) is 0 Å². The van der Waals surface area contributed by atoms with E-state index in [0.717, 1.165) is 25.7 Å². The molecule has 0 aromatic heterocycles. The van der Waals surface area contributed by atoms with Crippen LogP contribution in [0.1, 0.15) is 42.5 Å². The Balaban J connectivity index is 1.45. The van der Waals surface area contributed by atoms with Crippen molar-refractivity contribution in [1.29, 1.82) is 0 Å². The van der Waals surface area contributed by atoms with Crippen molar-refractivity contribution in [2.24, 2.45) is 5.41 Å². The van der Waals surface area contributed by atoms with E-state index in [9.17, 15) is 24.6 Å². The third-order valence-electron chi connectivity index (χ3n) is 7.19. The van der Waals surface area contributed by atoms with Crippen LogP contribution in [0.4, 0.5) is 4.79 Å². The number of piperazine rings is 1. The molecule has 1 aromatic carbocycles. The van der Waals surface area contributed by atoms with Crippen molar-refractivity contribution in [2.75, 3.05) is 39.3 Å². The van der Waals surface area contributed by atoms with Gasteiger partial charge in [-0.25, -0.2) is 4.79 Å². The average Bonchev–Trinajstić information content (AvgIpc) is 3.22. The number of rotatable bonds is 3. The maximum Gasteiger partial charge on any atom is 0.407 e. The van der Waals surface area contributed by atoms with E-state index < -0.39 is 17.1 Å². The molecule has 2 saturated heterocycles. The van der Waals surface area contributed by atoms with Gasteiger partial charge in [-0.2, -0.15) is 0 Å². The second kappa shape index (κ2) is 7.91. The summed E-state index contributed by atoms with van der Waals surface area (Å²) in [5.41, 5.74) is -1.04. The lowest BCUT2D eigenvalue weighted by Crippen LogP contribution is -2.65. The molecule has 1 spiro atoms. The number of amides is 3. The number of hydrogen-bond acceptors (Lipinski definition) is 4. The minimum atomic E-state index is -1.10. The summed E-state index contributed by atoms with van der Waals surface area (Å²) in [7, 11) is 0. The van der Waals surface area contributed by atoms with Gasteiger partial charge in [-0.15, -0.1) is 0 Å². The van der Waals surface area contributed by atoms with Crippen molar-refractivity contribution in [2.45, 2.75) is 37.7 Å². The number of β-amino-alcohol motifs (C(OH)–C–C–N with tert-alkyl or cyclic N) is 1. The Morgan fingerprint density at radius 3 is 2.30 bits per heavy atom. The number of nitrogens with zero attached hydrogens (tertiary/aromatic N) is 3. The summed E-state index contributed by atoms with van der Waals surface area (Å²) in [4.78, 5) is 41.6. The molecular weight excluding hydrogens is 386 g/mol. The van der Waals surface area contributed by atoms with Crippen LogP contribution in [0.15, 0.2) is 30.3 Å². The third kappa shape index (κ3) is 3.64. The molecule has 2 N–H and O–H groups in total. The summed E-state index contributed by atoms with van der Waals surface area (Å²) < 4.78 is 0. The predicted octanol–water partition coefficient (Wildman–Crippen LogP) is 1.65. The Labute approximate surface area is 176 Å². The number of piperidine rings is 1. The molecule has 3 aliphatic rings. The van der Waals surface area contributed by atoms with Crippen molar-refractivity contribution in [3.8, 4) is 0 Å². The second-order valence-electron chi connectivity index (χ2n) is 8.88. The standard InChI is InChI=1S/C22H29N3O5/c26-18-14-23(19(27)17-6-2-1-3-7-17)12-13-24(18)16-22(30)10-11-25(20(28)29)15-21(22)8-4-5-9-21/h1-3,6-7,30H,4-5,8-16H2,(H,28,29). The van der Waals surface area contributed by atoms with E-state index in [0.29, 0.717) is 31.6 Å². The number of likely N-dealkylation sites (tertiary alicyclic amines) is 1. The monoisotopic (exact) mass is 415 g/mol. The Morgan fingerprint density at radius 1 is 0.967 bits per heavy atom. The fourth-order valence-corrected chi connectivity index (χ4v) is 5.39. The number of carbonyl (C=O) groups is 3. The molecule has 4 rings (SSSR count). The van der Waals surface area contributed by atoms with Crippen molar-refractivity contribution in [3.05, 3.63) is 35.9 Å². The largest absolute Gasteiger partial charge is 0.465 e. The van der Waals surface area contributed by atoms with E-state index in [2.05, 4.69) is 0 Å². The number of aliphatic hydroxyl groups is 1. The van der Waals surface area contributed by atoms with Gasteiger partial charge >= 0.3 is 6.09 Å². The van der Waals surface area contributed by atoms with Gasteiger partial charge in [-0.3, -0.25) is 9.59 Å². The first-order valence-corrected chi connectivity index (χ1v) is 10.7. The van der Waals surface area contributed by atoms with Crippen LogP contribution in [0.3, 0.4) is 0 Å². The quantitative estimate of drug-likeness (QED) is 0.782. The van der Waals surface area contributed by atoms with Gasteiger partial charge in [-0.1, -0.05) is 31.0 Å². The topological polar surface area (TPSA) is 101 Å². The van der Waals surface area contributed by atoms with Gasteiger partial charge in [0, 0.05) is 37.2 Å². The van der Waals surface area contributed by atoms with E-state index in [1.165, 1.54) is 4.90 Å². The van der Waals surface area contributed by atoms with Crippen LogP contribution in [0.2, 0.25) is 0 Å². The average molecular weight is 415 g/mol. The Hall–Kier alpha value is -2.61. The highest BCUT2D eigenvalue weighted by atomic mass is 16.4. The normalized spacial score (nSPS) is 26.3. The van der Waals surface area contributed by atoms with Crippen molar-refractivity contribution in [3.63, 3.8) is 0 Å². The summed E-state index contributed by atoms with van der Waals surface area (Å²) in [6, 6.07) is 8.91. The first-order chi connectivity index (χ1) is 14.3. The minimum Gasteiger partial charge on any atom is -0.465 e. The molecule has 1 atom stereocenters. The molecule has 2 aliphatic heterocycles. The van der Waals surface area contributed by atoms with E-state index in [1.54, 1.807) is 34.1 Å². The van der Waals surface area contributed by atoms with Gasteiger partial charge in [0.05, 0.1) is 12.1 Å². The number of hydrogen-bond donors (Lipinski definition) is 2. The molecular formula is C22H29N3O5. The number of carboxylic acid groups (broad SMARTS) is 1. The molecule has 1 unspecified atom stereocenters. The fraction of sp³-hybridized carbons (Fsp3) is 0.591. The van der Waals surface area contributed by atoms with Crippen molar-refractivity contribution < 1.29 is 24.6 Å². The Morgan fingerprint density at radius 2 is 1.67 bits per heavy atom. The molecule has 1 aromatic rings. The summed E-state index contributed by atoms with van der Waals surface area (Å²) >= 11 is 0. The SMILES string of the molecule is O=C(O)N1CCC(O)(CN2CCN(C(=O)c3ccccc3)CC2=O)C2(CCCC2)C1. The van der Waals surface area contributed by atoms with E-state index in [-0.39, 0.29) is 31.4 Å². The van der Waals surface area contributed by atoms with Gasteiger partial charge in [0.2, 0.25) is 5.91 Å². The molecule has 3 amide bonds. The molecule has 8 nitrogen and oxygen atoms in total. The van der Waals surface area contributed by atoms with Gasteiger partial charge in [0.1, 0.15) is 6.54 Å². The Kier molecular flexibility index (Phi) is 5.44. The lowest BCUT2D eigenvalue weighted by atomic mass is 9.65. The van der Waals surface area contributed by atoms with Crippen LogP contribution in [0.5, 0.6) is 0 Å². The highest BCUT2D eigenvalue weighted by Crippen LogP contribution is 2.51. The van der Waals surface area contributed by atoms with Gasteiger partial charge in [0.25, 0.3) is 5.91 Å². The van der Waals surface area contributed by atoms with E-state index >= 15 is 0 Å². The van der Waals surface area contributed by atoms with Crippen LogP contribution < -0.4 is 0 Å². The summed E-state index contributed by atoms with van der Waals surface area (Å²) in [5.74, 6) is -0.336. The first kappa shape index (κ1) is 20.7. The van der Waals surface area contributed by atoms with Crippen LogP contribution in [0, 0.1) is 5.41 Å². The van der Waals surface area contributed by atoms with Crippen LogP contribution >= 0.6 is 0 Å². The lowest BCUT2D eigenvalue weighted by molar-refractivity contribution is -0.159. The van der Waals surface area contributed by atoms with Crippen LogP contribution in [0.25, 0.3) is 0 Å². The van der Waals surface area contributed by atoms with E-state index in [1.807, 2.05) is 6.07 Å². The van der Waals surface area contributed by atoms with Gasteiger partial charge in [-0.05, 0) is 31.4 Å². The van der Waals surface area contributed by atoms with Crippen LogP contribution in [-0.4, -0.2) is 87.7 Å². The molecule has 1 aliphatic carbocycles. The highest BCUT2D eigenvalue weighted by Gasteiger charge is 2.56. The smallest absolute Gasteiger partial charge is 0.407 e. The van der Waals surface area contributed by atoms with Crippen molar-refractivity contribution >= 4 is 17.9 Å². The zero-order chi connectivity index (χ0) is 21.4. The summed E-state index contributed by atoms with van der Waals surface area (Å²) in [6.45, 7) is 1.58. The molecule has 0 radical (unpaired) electrons. The number of benzene rings is 1. The molecule has 1 saturated carbocycles. The first-order valence-electron chi connectivity index (χ1n) is 10.7. The number of carbonyl (C=O) groups excluding carboxylic acids is 2. The predicted molar refractivity (Wildman–Crippen MR) is 109 cm³/mol. The summed E-state index contributed by atoms with van der Waals surface area (Å²) in [5, 5.41) is 21.1. The molecule has 162 valence electrons. The maximum absolute atomic E-state index is 12.8. The van der Waals surface area contributed by atoms with Crippen LogP contribution in [-0.2, 0) is 4.79 Å². The minimum absolute atomic E-state index is 0.00193. The van der Waals surface area contributed by atoms with Crippen molar-refractivity contribution in [1.82, 2.24) is 14.7 Å². The zero-order valence-electron chi connectivity index (χ0n) is 17.1. The summed E-state index contributed by atoms with van der Waals surface area (Å²) in [6.07, 6.45) is 2.84. The zero-order valence-corrected chi connectivity index (χ0v) is 17.1. The second-order valence-corrected chi connectivity index (χ2v) is 8.88. The molecule has 3 fully saturated rings. The molecule has 2 heterocycles. The lowest BCUT2D eigenvalue weighted by Gasteiger charge is -2.53. The van der Waals surface area contributed by atoms with E-state index in [4.69, 9.17) is 0 Å². The third-order valence-corrected chi connectivity index (χ3v) is 7.19. The Bertz CT molecular complexity index is 823. The molecule has 0 bridgehead atoms.